The summed E-state index contributed by atoms with van der Waals surface area (Å²) in [5, 5.41) is 0. The van der Waals surface area contributed by atoms with E-state index in [1.165, 1.54) is 6.07 Å². The third kappa shape index (κ3) is 4.05. The van der Waals surface area contributed by atoms with Crippen molar-refractivity contribution in [3.63, 3.8) is 0 Å². The van der Waals surface area contributed by atoms with Crippen LogP contribution in [0.4, 0.5) is 0 Å². The molecule has 0 atom stereocenters. The molecule has 0 aliphatic rings. The molecule has 0 amide bonds. The Kier molecular flexibility index (Phi) is 4.82. The molecule has 6 nitrogen and oxygen atoms in total. The van der Waals surface area contributed by atoms with Crippen LogP contribution in [0.15, 0.2) is 50.1 Å². The van der Waals surface area contributed by atoms with Crippen molar-refractivity contribution >= 4 is 31.7 Å². The number of rotatable bonds is 4. The molecular weight excluding hydrogens is 376 g/mol. The van der Waals surface area contributed by atoms with E-state index in [4.69, 9.17) is 4.42 Å². The second-order valence-electron chi connectivity index (χ2n) is 4.46. The molecule has 0 fully saturated rings. The highest BCUT2D eigenvalue weighted by molar-refractivity contribution is 9.10. The van der Waals surface area contributed by atoms with Crippen molar-refractivity contribution in [3.05, 3.63) is 56.9 Å². The first-order valence-electron chi connectivity index (χ1n) is 6.02. The van der Waals surface area contributed by atoms with Gasteiger partial charge in [0.1, 0.15) is 10.2 Å². The van der Waals surface area contributed by atoms with E-state index in [1.807, 2.05) is 0 Å². The van der Waals surface area contributed by atoms with Crippen molar-refractivity contribution in [2.45, 2.75) is 0 Å². The van der Waals surface area contributed by atoms with Crippen LogP contribution in [-0.4, -0.2) is 26.6 Å². The number of ether oxygens (including phenoxy) is 1. The van der Waals surface area contributed by atoms with E-state index in [-0.39, 0.29) is 16.0 Å². The Labute approximate surface area is 134 Å². The van der Waals surface area contributed by atoms with Crippen LogP contribution in [0.5, 0.6) is 0 Å². The van der Waals surface area contributed by atoms with Gasteiger partial charge in [-0.3, -0.25) is 4.79 Å². The highest BCUT2D eigenvalue weighted by atomic mass is 79.9. The lowest BCUT2D eigenvalue weighted by Crippen LogP contribution is -2.16. The predicted octanol–water partition coefficient (Wildman–Crippen LogP) is 2.23. The maximum atomic E-state index is 11.9. The highest BCUT2D eigenvalue weighted by Crippen LogP contribution is 2.23. The van der Waals surface area contributed by atoms with Crippen LogP contribution in [0.3, 0.4) is 0 Å². The van der Waals surface area contributed by atoms with E-state index >= 15 is 0 Å². The molecular formula is C14H11BrO6S. The van der Waals surface area contributed by atoms with E-state index in [0.29, 0.717) is 5.56 Å². The smallest absolute Gasteiger partial charge is 0.376 e. The molecule has 22 heavy (non-hydrogen) atoms. The Balaban J connectivity index is 2.42. The normalized spacial score (nSPS) is 11.2. The zero-order chi connectivity index (χ0) is 16.3. The maximum absolute atomic E-state index is 11.9. The van der Waals surface area contributed by atoms with Crippen molar-refractivity contribution in [2.75, 3.05) is 12.2 Å². The lowest BCUT2D eigenvalue weighted by atomic mass is 10.1. The Morgan fingerprint density at radius 3 is 2.50 bits per heavy atom. The van der Waals surface area contributed by atoms with Crippen LogP contribution >= 0.6 is 15.9 Å². The van der Waals surface area contributed by atoms with E-state index < -0.39 is 27.2 Å². The van der Waals surface area contributed by atoms with Crippen LogP contribution < -0.4 is 5.43 Å². The van der Waals surface area contributed by atoms with E-state index in [1.54, 1.807) is 30.3 Å². The fourth-order valence-electron chi connectivity index (χ4n) is 1.58. The van der Waals surface area contributed by atoms with Crippen LogP contribution in [0, 0.1) is 0 Å². The molecule has 1 heterocycles. The van der Waals surface area contributed by atoms with Gasteiger partial charge in [0.2, 0.25) is 11.2 Å². The second-order valence-corrected chi connectivity index (χ2v) is 7.34. The predicted molar refractivity (Wildman–Crippen MR) is 83.2 cm³/mol. The molecule has 0 saturated carbocycles. The number of carbonyl (C=O) groups excluding carboxylic acids is 1. The largest absolute Gasteiger partial charge is 0.448 e. The van der Waals surface area contributed by atoms with Gasteiger partial charge in [-0.25, -0.2) is 13.2 Å². The summed E-state index contributed by atoms with van der Waals surface area (Å²) in [6, 6.07) is 9.93. The molecule has 1 aromatic carbocycles. The summed E-state index contributed by atoms with van der Waals surface area (Å²) in [6.45, 7) is 0. The van der Waals surface area contributed by atoms with Gasteiger partial charge in [-0.2, -0.15) is 0 Å². The zero-order valence-electron chi connectivity index (χ0n) is 11.4. The molecule has 0 spiro atoms. The Morgan fingerprint density at radius 2 is 1.91 bits per heavy atom. The highest BCUT2D eigenvalue weighted by Gasteiger charge is 2.21. The summed E-state index contributed by atoms with van der Waals surface area (Å²) in [6.07, 6.45) is 0.923. The van der Waals surface area contributed by atoms with E-state index in [9.17, 15) is 18.0 Å². The van der Waals surface area contributed by atoms with Gasteiger partial charge in [-0.1, -0.05) is 30.3 Å². The monoisotopic (exact) mass is 386 g/mol. The van der Waals surface area contributed by atoms with E-state index in [0.717, 1.165) is 6.26 Å². The van der Waals surface area contributed by atoms with Crippen molar-refractivity contribution in [1.82, 2.24) is 0 Å². The summed E-state index contributed by atoms with van der Waals surface area (Å²) >= 11 is 2.95. The Hall–Kier alpha value is -1.93. The quantitative estimate of drug-likeness (QED) is 0.748. The van der Waals surface area contributed by atoms with Gasteiger partial charge < -0.3 is 9.15 Å². The molecule has 0 aliphatic carbocycles. The number of carbonyl (C=O) groups is 1. The van der Waals surface area contributed by atoms with Crippen LogP contribution in [0.2, 0.25) is 0 Å². The van der Waals surface area contributed by atoms with Crippen molar-refractivity contribution in [2.24, 2.45) is 0 Å². The number of esters is 1. The molecule has 0 N–H and O–H groups in total. The molecule has 0 unspecified atom stereocenters. The number of benzene rings is 1. The lowest BCUT2D eigenvalue weighted by molar-refractivity contribution is 0.0532. The third-order valence-corrected chi connectivity index (χ3v) is 3.83. The summed E-state index contributed by atoms with van der Waals surface area (Å²) in [7, 11) is -3.49. The van der Waals surface area contributed by atoms with Crippen LogP contribution in [0.25, 0.3) is 11.3 Å². The first-order chi connectivity index (χ1) is 10.3. The number of halogens is 1. The fourth-order valence-corrected chi connectivity index (χ4v) is 2.26. The topological polar surface area (TPSA) is 90.7 Å². The molecule has 0 aliphatic heterocycles. The average molecular weight is 387 g/mol. The molecule has 0 saturated heterocycles. The van der Waals surface area contributed by atoms with Gasteiger partial charge in [0.15, 0.2) is 15.8 Å². The fraction of sp³-hybridized carbons (Fsp3) is 0.143. The minimum atomic E-state index is -3.49. The van der Waals surface area contributed by atoms with Crippen LogP contribution in [-0.2, 0) is 14.6 Å². The minimum Gasteiger partial charge on any atom is -0.448 e. The van der Waals surface area contributed by atoms with Crippen molar-refractivity contribution in [3.8, 4) is 11.3 Å². The summed E-state index contributed by atoms with van der Waals surface area (Å²) < 4.78 is 31.9. The molecule has 116 valence electrons. The summed E-state index contributed by atoms with van der Waals surface area (Å²) in [5.74, 6) is -2.03. The molecule has 1 aromatic heterocycles. The average Bonchev–Trinajstić information content (AvgIpc) is 2.47. The molecule has 0 radical (unpaired) electrons. The van der Waals surface area contributed by atoms with Gasteiger partial charge in [-0.05, 0) is 15.9 Å². The zero-order valence-corrected chi connectivity index (χ0v) is 13.8. The van der Waals surface area contributed by atoms with Gasteiger partial charge in [-0.15, -0.1) is 0 Å². The Bertz CT molecular complexity index is 855. The molecule has 8 heteroatoms. The standard InChI is InChI=1S/C14H11BrO6S/c1-22(18,19)8-20-14(17)13-12(15)10(16)7-11(21-13)9-5-3-2-4-6-9/h2-7H,8H2,1H3. The van der Waals surface area contributed by atoms with Gasteiger partial charge in [0.05, 0.1) is 0 Å². The van der Waals surface area contributed by atoms with E-state index in [2.05, 4.69) is 20.7 Å². The maximum Gasteiger partial charge on any atom is 0.376 e. The minimum absolute atomic E-state index is 0.120. The first kappa shape index (κ1) is 16.4. The Morgan fingerprint density at radius 1 is 1.27 bits per heavy atom. The van der Waals surface area contributed by atoms with Gasteiger partial charge in [0.25, 0.3) is 0 Å². The first-order valence-corrected chi connectivity index (χ1v) is 8.87. The summed E-state index contributed by atoms with van der Waals surface area (Å²) in [5.41, 5.74) is 0.126. The number of sulfone groups is 1. The number of hydrogen-bond donors (Lipinski definition) is 0. The SMILES string of the molecule is CS(=O)(=O)COC(=O)c1oc(-c2ccccc2)cc(=O)c1Br. The summed E-state index contributed by atoms with van der Waals surface area (Å²) in [4.78, 5) is 23.8. The number of hydrogen-bond acceptors (Lipinski definition) is 6. The van der Waals surface area contributed by atoms with Crippen molar-refractivity contribution < 1.29 is 22.4 Å². The van der Waals surface area contributed by atoms with Crippen LogP contribution in [0.1, 0.15) is 10.6 Å². The molecule has 2 aromatic rings. The van der Waals surface area contributed by atoms with Gasteiger partial charge in [0, 0.05) is 17.9 Å². The van der Waals surface area contributed by atoms with Gasteiger partial charge >= 0.3 is 5.97 Å². The third-order valence-electron chi connectivity index (χ3n) is 2.54. The van der Waals surface area contributed by atoms with Crippen molar-refractivity contribution in [1.29, 1.82) is 0 Å². The molecule has 0 bridgehead atoms. The lowest BCUT2D eigenvalue weighted by Gasteiger charge is -2.07. The molecule has 2 rings (SSSR count). The second kappa shape index (κ2) is 6.45.